The molecular formula is C17H32IN5O. The van der Waals surface area contributed by atoms with Gasteiger partial charge < -0.3 is 15.4 Å². The number of methoxy groups -OCH3 is 1. The molecule has 0 aliphatic heterocycles. The Morgan fingerprint density at radius 2 is 2.21 bits per heavy atom. The second-order valence-corrected chi connectivity index (χ2v) is 6.58. The van der Waals surface area contributed by atoms with Gasteiger partial charge in [-0.25, -0.2) is 0 Å². The van der Waals surface area contributed by atoms with Crippen LogP contribution in [0.1, 0.15) is 37.7 Å². The summed E-state index contributed by atoms with van der Waals surface area (Å²) in [6, 6.07) is 0. The van der Waals surface area contributed by atoms with E-state index in [1.807, 2.05) is 17.9 Å². The van der Waals surface area contributed by atoms with Crippen molar-refractivity contribution in [3.05, 3.63) is 18.0 Å². The summed E-state index contributed by atoms with van der Waals surface area (Å²) in [6.45, 7) is 5.71. The van der Waals surface area contributed by atoms with Gasteiger partial charge in [0.05, 0.1) is 6.20 Å². The van der Waals surface area contributed by atoms with Crippen molar-refractivity contribution in [3.8, 4) is 0 Å². The number of aromatic nitrogens is 2. The predicted octanol–water partition coefficient (Wildman–Crippen LogP) is 2.57. The molecule has 2 rings (SSSR count). The van der Waals surface area contributed by atoms with Crippen LogP contribution < -0.4 is 10.6 Å². The summed E-state index contributed by atoms with van der Waals surface area (Å²) in [5.74, 6) is 0.894. The van der Waals surface area contributed by atoms with Gasteiger partial charge in [-0.05, 0) is 43.6 Å². The normalized spacial score (nSPS) is 16.2. The van der Waals surface area contributed by atoms with Gasteiger partial charge in [0.15, 0.2) is 5.96 Å². The van der Waals surface area contributed by atoms with Crippen LogP contribution in [0, 0.1) is 12.3 Å². The first-order chi connectivity index (χ1) is 11.2. The number of aliphatic imine (C=N–C) groups is 1. The maximum atomic E-state index is 5.25. The smallest absolute Gasteiger partial charge is 0.190 e. The van der Waals surface area contributed by atoms with Crippen LogP contribution in [0.25, 0.3) is 0 Å². The van der Waals surface area contributed by atoms with Crippen LogP contribution >= 0.6 is 24.0 Å². The highest BCUT2D eigenvalue weighted by Gasteiger charge is 2.36. The zero-order chi connectivity index (χ0) is 16.5. The van der Waals surface area contributed by atoms with E-state index < -0.39 is 0 Å². The third kappa shape index (κ3) is 6.58. The van der Waals surface area contributed by atoms with E-state index in [-0.39, 0.29) is 24.0 Å². The molecule has 1 heterocycles. The highest BCUT2D eigenvalue weighted by Crippen LogP contribution is 2.43. The Balaban J connectivity index is 0.00000288. The molecule has 138 valence electrons. The summed E-state index contributed by atoms with van der Waals surface area (Å²) >= 11 is 0. The molecule has 1 aromatic heterocycles. The molecule has 1 fully saturated rings. The number of rotatable bonds is 9. The zero-order valence-electron chi connectivity index (χ0n) is 15.2. The summed E-state index contributed by atoms with van der Waals surface area (Å²) in [5, 5.41) is 11.2. The molecule has 7 heteroatoms. The molecule has 0 bridgehead atoms. The quantitative estimate of drug-likeness (QED) is 0.263. The number of aryl methyl sites for hydroxylation is 2. The fraction of sp³-hybridized carbons (Fsp3) is 0.765. The maximum Gasteiger partial charge on any atom is 0.190 e. The molecule has 6 nitrogen and oxygen atoms in total. The molecule has 0 aromatic carbocycles. The molecule has 0 saturated heterocycles. The van der Waals surface area contributed by atoms with Gasteiger partial charge in [0.2, 0.25) is 0 Å². The van der Waals surface area contributed by atoms with Crippen molar-refractivity contribution < 1.29 is 4.74 Å². The van der Waals surface area contributed by atoms with E-state index in [1.54, 1.807) is 7.11 Å². The predicted molar refractivity (Wildman–Crippen MR) is 109 cm³/mol. The first-order valence-corrected chi connectivity index (χ1v) is 8.60. The molecule has 0 atom stereocenters. The van der Waals surface area contributed by atoms with Crippen LogP contribution in [-0.2, 0) is 11.3 Å². The van der Waals surface area contributed by atoms with Crippen molar-refractivity contribution in [2.75, 3.05) is 33.9 Å². The van der Waals surface area contributed by atoms with Crippen LogP contribution in [0.4, 0.5) is 0 Å². The Morgan fingerprint density at radius 3 is 2.75 bits per heavy atom. The fourth-order valence-electron chi connectivity index (χ4n) is 3.04. The van der Waals surface area contributed by atoms with Gasteiger partial charge in [-0.1, -0.05) is 6.42 Å². The lowest BCUT2D eigenvalue weighted by molar-refractivity contribution is 0.0732. The van der Waals surface area contributed by atoms with Crippen molar-refractivity contribution in [2.24, 2.45) is 10.4 Å². The van der Waals surface area contributed by atoms with Gasteiger partial charge in [0.1, 0.15) is 0 Å². The molecule has 1 aliphatic carbocycles. The highest BCUT2D eigenvalue weighted by atomic mass is 127. The Kier molecular flexibility index (Phi) is 9.65. The molecule has 0 spiro atoms. The molecule has 1 saturated carbocycles. The number of hydrogen-bond acceptors (Lipinski definition) is 3. The molecule has 0 amide bonds. The number of halogens is 1. The summed E-state index contributed by atoms with van der Waals surface area (Å²) < 4.78 is 7.24. The van der Waals surface area contributed by atoms with E-state index in [2.05, 4.69) is 33.8 Å². The largest absolute Gasteiger partial charge is 0.385 e. The Labute approximate surface area is 162 Å². The van der Waals surface area contributed by atoms with Gasteiger partial charge in [0, 0.05) is 46.6 Å². The van der Waals surface area contributed by atoms with E-state index in [9.17, 15) is 0 Å². The third-order valence-corrected chi connectivity index (χ3v) is 4.72. The number of nitrogens with zero attached hydrogens (tertiary/aromatic N) is 3. The first kappa shape index (κ1) is 21.2. The van der Waals surface area contributed by atoms with Gasteiger partial charge >= 0.3 is 0 Å². The van der Waals surface area contributed by atoms with Crippen molar-refractivity contribution in [2.45, 2.75) is 45.6 Å². The number of guanidine groups is 1. The van der Waals surface area contributed by atoms with E-state index >= 15 is 0 Å². The van der Waals surface area contributed by atoms with E-state index in [4.69, 9.17) is 4.74 Å². The Bertz CT molecular complexity index is 499. The van der Waals surface area contributed by atoms with Crippen molar-refractivity contribution in [1.82, 2.24) is 20.4 Å². The number of hydrogen-bond donors (Lipinski definition) is 2. The SMILES string of the molecule is CN=C(NCCCn1cc(C)cn1)NCC1(CCOC)CCC1.I. The summed E-state index contributed by atoms with van der Waals surface area (Å²) in [7, 11) is 3.61. The maximum absolute atomic E-state index is 5.25. The van der Waals surface area contributed by atoms with Crippen LogP contribution in [0.15, 0.2) is 17.4 Å². The highest BCUT2D eigenvalue weighted by molar-refractivity contribution is 14.0. The number of ether oxygens (including phenoxy) is 1. The summed E-state index contributed by atoms with van der Waals surface area (Å²) in [5.41, 5.74) is 1.61. The molecule has 1 aromatic rings. The van der Waals surface area contributed by atoms with Gasteiger partial charge in [-0.15, -0.1) is 24.0 Å². The minimum Gasteiger partial charge on any atom is -0.385 e. The lowest BCUT2D eigenvalue weighted by atomic mass is 9.67. The monoisotopic (exact) mass is 449 g/mol. The van der Waals surface area contributed by atoms with Gasteiger partial charge in [0.25, 0.3) is 0 Å². The molecule has 24 heavy (non-hydrogen) atoms. The Morgan fingerprint density at radius 1 is 1.42 bits per heavy atom. The minimum absolute atomic E-state index is 0. The molecule has 1 aliphatic rings. The second kappa shape index (κ2) is 10.9. The molecular weight excluding hydrogens is 417 g/mol. The van der Waals surface area contributed by atoms with Crippen molar-refractivity contribution in [1.29, 1.82) is 0 Å². The molecule has 2 N–H and O–H groups in total. The standard InChI is InChI=1S/C17H31N5O.HI/c1-15-12-21-22(13-15)10-5-9-19-16(18-2)20-14-17(6-4-7-17)8-11-23-3;/h12-13H,4-11,14H2,1-3H3,(H2,18,19,20);1H. The topological polar surface area (TPSA) is 63.5 Å². The first-order valence-electron chi connectivity index (χ1n) is 8.60. The lowest BCUT2D eigenvalue weighted by Gasteiger charge is -2.42. The van der Waals surface area contributed by atoms with Crippen LogP contribution in [0.2, 0.25) is 0 Å². The lowest BCUT2D eigenvalue weighted by Crippen LogP contribution is -2.47. The van der Waals surface area contributed by atoms with Crippen LogP contribution in [0.5, 0.6) is 0 Å². The van der Waals surface area contributed by atoms with Gasteiger partial charge in [-0.2, -0.15) is 5.10 Å². The van der Waals surface area contributed by atoms with Gasteiger partial charge in [-0.3, -0.25) is 9.67 Å². The van der Waals surface area contributed by atoms with Crippen molar-refractivity contribution >= 4 is 29.9 Å². The van der Waals surface area contributed by atoms with E-state index in [1.165, 1.54) is 24.8 Å². The van der Waals surface area contributed by atoms with Crippen LogP contribution in [-0.4, -0.2) is 49.6 Å². The Hall–Kier alpha value is -0.830. The van der Waals surface area contributed by atoms with E-state index in [0.29, 0.717) is 5.41 Å². The molecule has 0 unspecified atom stereocenters. The third-order valence-electron chi connectivity index (χ3n) is 4.72. The second-order valence-electron chi connectivity index (χ2n) is 6.58. The van der Waals surface area contributed by atoms with Crippen molar-refractivity contribution in [3.63, 3.8) is 0 Å². The van der Waals surface area contributed by atoms with E-state index in [0.717, 1.165) is 45.0 Å². The minimum atomic E-state index is 0. The molecule has 0 radical (unpaired) electrons. The average Bonchev–Trinajstić information content (AvgIpc) is 2.93. The summed E-state index contributed by atoms with van der Waals surface area (Å²) in [6.07, 6.45) is 10.0. The zero-order valence-corrected chi connectivity index (χ0v) is 17.5. The number of nitrogens with one attached hydrogen (secondary N) is 2. The fourth-order valence-corrected chi connectivity index (χ4v) is 3.04. The summed E-state index contributed by atoms with van der Waals surface area (Å²) in [4.78, 5) is 4.32. The average molecular weight is 449 g/mol. The van der Waals surface area contributed by atoms with Crippen LogP contribution in [0.3, 0.4) is 0 Å².